The van der Waals surface area contributed by atoms with Crippen molar-refractivity contribution in [2.75, 3.05) is 6.54 Å². The summed E-state index contributed by atoms with van der Waals surface area (Å²) in [5.74, 6) is -0.299. The van der Waals surface area contributed by atoms with E-state index in [-0.39, 0.29) is 17.2 Å². The first-order valence-corrected chi connectivity index (χ1v) is 7.52. The molecule has 0 atom stereocenters. The van der Waals surface area contributed by atoms with Gasteiger partial charge >= 0.3 is 0 Å². The molecule has 2 heterocycles. The van der Waals surface area contributed by atoms with Crippen LogP contribution in [0.4, 0.5) is 0 Å². The fourth-order valence-electron chi connectivity index (χ4n) is 2.42. The topological polar surface area (TPSA) is 81.3 Å². The Balaban J connectivity index is 1.62. The van der Waals surface area contributed by atoms with Gasteiger partial charge in [0.15, 0.2) is 11.4 Å². The van der Waals surface area contributed by atoms with Crippen molar-refractivity contribution in [1.82, 2.24) is 9.88 Å². The molecule has 0 saturated heterocycles. The molecule has 0 radical (unpaired) electrons. The SMILES string of the molecule is CC(=O)c1ccc(C(=O)NCCn2ccc3ccoc3c2=O)cc1. The number of fused-ring (bicyclic) bond motifs is 1. The molecule has 1 amide bonds. The summed E-state index contributed by atoms with van der Waals surface area (Å²) in [7, 11) is 0. The summed E-state index contributed by atoms with van der Waals surface area (Å²) in [6, 6.07) is 9.97. The quantitative estimate of drug-likeness (QED) is 0.730. The van der Waals surface area contributed by atoms with Gasteiger partial charge in [-0.25, -0.2) is 0 Å². The van der Waals surface area contributed by atoms with Crippen LogP contribution in [0.5, 0.6) is 0 Å². The molecule has 24 heavy (non-hydrogen) atoms. The van der Waals surface area contributed by atoms with Crippen LogP contribution in [0.15, 0.2) is 58.1 Å². The number of furan rings is 1. The summed E-state index contributed by atoms with van der Waals surface area (Å²) in [6.07, 6.45) is 3.15. The molecule has 3 aromatic rings. The number of Topliss-reactive ketones (excluding diaryl/α,β-unsaturated/α-hetero) is 1. The maximum atomic E-state index is 12.2. The Kier molecular flexibility index (Phi) is 4.29. The van der Waals surface area contributed by atoms with Crippen LogP contribution in [0.1, 0.15) is 27.6 Å². The number of nitrogens with zero attached hydrogens (tertiary/aromatic N) is 1. The highest BCUT2D eigenvalue weighted by molar-refractivity contribution is 5.97. The highest BCUT2D eigenvalue weighted by Gasteiger charge is 2.08. The second kappa shape index (κ2) is 6.54. The Morgan fingerprint density at radius 2 is 1.79 bits per heavy atom. The molecule has 0 unspecified atom stereocenters. The number of hydrogen-bond donors (Lipinski definition) is 1. The van der Waals surface area contributed by atoms with E-state index in [0.717, 1.165) is 5.39 Å². The smallest absolute Gasteiger partial charge is 0.294 e. The lowest BCUT2D eigenvalue weighted by Crippen LogP contribution is -2.30. The highest BCUT2D eigenvalue weighted by Crippen LogP contribution is 2.09. The number of carbonyl (C=O) groups excluding carboxylic acids is 2. The predicted molar refractivity (Wildman–Crippen MR) is 89.3 cm³/mol. The minimum atomic E-state index is -0.253. The summed E-state index contributed by atoms with van der Waals surface area (Å²) < 4.78 is 6.66. The molecule has 1 N–H and O–H groups in total. The molecule has 0 bridgehead atoms. The molecule has 0 aliphatic heterocycles. The summed E-state index contributed by atoms with van der Waals surface area (Å²) in [4.78, 5) is 35.5. The second-order valence-corrected chi connectivity index (χ2v) is 5.41. The molecule has 6 heteroatoms. The number of benzene rings is 1. The lowest BCUT2D eigenvalue weighted by molar-refractivity contribution is 0.0950. The third-order valence-corrected chi connectivity index (χ3v) is 3.78. The summed E-state index contributed by atoms with van der Waals surface area (Å²) >= 11 is 0. The van der Waals surface area contributed by atoms with Gasteiger partial charge in [-0.3, -0.25) is 14.4 Å². The van der Waals surface area contributed by atoms with Gasteiger partial charge in [-0.05, 0) is 31.2 Å². The molecular formula is C18H16N2O4. The number of carbonyl (C=O) groups is 2. The van der Waals surface area contributed by atoms with Crippen LogP contribution in [-0.4, -0.2) is 22.8 Å². The average Bonchev–Trinajstić information content (AvgIpc) is 3.06. The maximum Gasteiger partial charge on any atom is 0.294 e. The number of hydrogen-bond acceptors (Lipinski definition) is 4. The van der Waals surface area contributed by atoms with Crippen LogP contribution in [-0.2, 0) is 6.54 Å². The van der Waals surface area contributed by atoms with E-state index in [2.05, 4.69) is 5.32 Å². The Bertz CT molecular complexity index is 951. The largest absolute Gasteiger partial charge is 0.459 e. The number of aromatic nitrogens is 1. The predicted octanol–water partition coefficient (Wildman–Crippen LogP) is 2.23. The first-order valence-electron chi connectivity index (χ1n) is 7.52. The van der Waals surface area contributed by atoms with Crippen LogP contribution in [0.3, 0.4) is 0 Å². The normalized spacial score (nSPS) is 10.7. The first-order chi connectivity index (χ1) is 11.6. The van der Waals surface area contributed by atoms with E-state index in [4.69, 9.17) is 4.42 Å². The van der Waals surface area contributed by atoms with Gasteiger partial charge < -0.3 is 14.3 Å². The van der Waals surface area contributed by atoms with Gasteiger partial charge in [0.1, 0.15) is 0 Å². The van der Waals surface area contributed by atoms with Gasteiger partial charge in [-0.1, -0.05) is 12.1 Å². The van der Waals surface area contributed by atoms with Gasteiger partial charge in [0, 0.05) is 35.8 Å². The average molecular weight is 324 g/mol. The molecule has 0 aliphatic carbocycles. The van der Waals surface area contributed by atoms with Crippen LogP contribution in [0.25, 0.3) is 11.0 Å². The zero-order chi connectivity index (χ0) is 17.1. The Morgan fingerprint density at radius 1 is 1.08 bits per heavy atom. The van der Waals surface area contributed by atoms with E-state index in [1.807, 2.05) is 0 Å². The third kappa shape index (κ3) is 3.12. The Hall–Kier alpha value is -3.15. The fourth-order valence-corrected chi connectivity index (χ4v) is 2.42. The van der Waals surface area contributed by atoms with Crippen molar-refractivity contribution in [3.8, 4) is 0 Å². The van der Waals surface area contributed by atoms with E-state index in [9.17, 15) is 14.4 Å². The van der Waals surface area contributed by atoms with Crippen molar-refractivity contribution in [1.29, 1.82) is 0 Å². The molecule has 0 spiro atoms. The van der Waals surface area contributed by atoms with Crippen LogP contribution in [0, 0.1) is 0 Å². The van der Waals surface area contributed by atoms with Gasteiger partial charge in [-0.15, -0.1) is 0 Å². The zero-order valence-electron chi connectivity index (χ0n) is 13.1. The lowest BCUT2D eigenvalue weighted by Gasteiger charge is -2.08. The second-order valence-electron chi connectivity index (χ2n) is 5.41. The minimum absolute atomic E-state index is 0.0466. The van der Waals surface area contributed by atoms with E-state index in [1.54, 1.807) is 42.6 Å². The van der Waals surface area contributed by atoms with Crippen molar-refractivity contribution in [2.24, 2.45) is 0 Å². The molecule has 0 fully saturated rings. The number of pyridine rings is 1. The highest BCUT2D eigenvalue weighted by atomic mass is 16.3. The number of rotatable bonds is 5. The van der Waals surface area contributed by atoms with Crippen molar-refractivity contribution in [2.45, 2.75) is 13.5 Å². The van der Waals surface area contributed by atoms with Crippen LogP contribution >= 0.6 is 0 Å². The van der Waals surface area contributed by atoms with Crippen molar-refractivity contribution < 1.29 is 14.0 Å². The van der Waals surface area contributed by atoms with Gasteiger partial charge in [0.25, 0.3) is 11.5 Å². The van der Waals surface area contributed by atoms with Crippen molar-refractivity contribution in [3.63, 3.8) is 0 Å². The lowest BCUT2D eigenvalue weighted by atomic mass is 10.1. The monoisotopic (exact) mass is 324 g/mol. The molecule has 0 saturated carbocycles. The molecule has 3 rings (SSSR count). The Morgan fingerprint density at radius 3 is 2.50 bits per heavy atom. The summed E-state index contributed by atoms with van der Waals surface area (Å²) in [6.45, 7) is 2.12. The molecule has 0 aliphatic rings. The number of amides is 1. The van der Waals surface area contributed by atoms with E-state index >= 15 is 0 Å². The molecule has 6 nitrogen and oxygen atoms in total. The standard InChI is InChI=1S/C18H16N2O4/c1-12(21)13-2-4-15(5-3-13)17(22)19-8-10-20-9-6-14-7-11-24-16(14)18(20)23/h2-7,9,11H,8,10H2,1H3,(H,19,22). The zero-order valence-corrected chi connectivity index (χ0v) is 13.1. The Labute approximate surface area is 137 Å². The molecule has 1 aromatic carbocycles. The van der Waals surface area contributed by atoms with Crippen molar-refractivity contribution >= 4 is 22.7 Å². The van der Waals surface area contributed by atoms with E-state index in [0.29, 0.717) is 29.8 Å². The van der Waals surface area contributed by atoms with Crippen molar-refractivity contribution in [3.05, 3.63) is 70.3 Å². The first kappa shape index (κ1) is 15.7. The summed E-state index contributed by atoms with van der Waals surface area (Å²) in [5, 5.41) is 3.51. The molecule has 122 valence electrons. The molecule has 2 aromatic heterocycles. The summed E-state index contributed by atoms with van der Waals surface area (Å²) in [5.41, 5.74) is 1.11. The van der Waals surface area contributed by atoms with E-state index in [1.165, 1.54) is 17.8 Å². The number of ketones is 1. The number of nitrogens with one attached hydrogen (secondary N) is 1. The van der Waals surface area contributed by atoms with Gasteiger partial charge in [0.05, 0.1) is 6.26 Å². The molecular weight excluding hydrogens is 308 g/mol. The van der Waals surface area contributed by atoms with Crippen LogP contribution in [0.2, 0.25) is 0 Å². The van der Waals surface area contributed by atoms with Gasteiger partial charge in [0.2, 0.25) is 0 Å². The van der Waals surface area contributed by atoms with E-state index < -0.39 is 0 Å². The minimum Gasteiger partial charge on any atom is -0.459 e. The van der Waals surface area contributed by atoms with Gasteiger partial charge in [-0.2, -0.15) is 0 Å². The fraction of sp³-hybridized carbons (Fsp3) is 0.167. The maximum absolute atomic E-state index is 12.2. The third-order valence-electron chi connectivity index (χ3n) is 3.78. The van der Waals surface area contributed by atoms with Crippen LogP contribution < -0.4 is 10.9 Å².